The summed E-state index contributed by atoms with van der Waals surface area (Å²) in [7, 11) is 1.53. The van der Waals surface area contributed by atoms with Crippen molar-refractivity contribution in [1.29, 1.82) is 0 Å². The van der Waals surface area contributed by atoms with E-state index in [1.165, 1.54) is 19.1 Å². The van der Waals surface area contributed by atoms with Crippen LogP contribution in [0.25, 0.3) is 11.1 Å². The lowest BCUT2D eigenvalue weighted by Gasteiger charge is -2.11. The van der Waals surface area contributed by atoms with Gasteiger partial charge >= 0.3 is 0 Å². The monoisotopic (exact) mass is 338 g/mol. The highest BCUT2D eigenvalue weighted by atomic mass is 35.5. The van der Waals surface area contributed by atoms with Gasteiger partial charge in [0.1, 0.15) is 5.75 Å². The normalized spacial score (nSPS) is 10.4. The third kappa shape index (κ3) is 3.52. The summed E-state index contributed by atoms with van der Waals surface area (Å²) in [6, 6.07) is 6.85. The van der Waals surface area contributed by atoms with Crippen LogP contribution in [0.2, 0.25) is 5.02 Å². The first-order valence-corrected chi connectivity index (χ1v) is 7.98. The molecule has 2 N–H and O–H groups in total. The minimum Gasteiger partial charge on any atom is -0.496 e. The van der Waals surface area contributed by atoms with Gasteiger partial charge in [-0.15, -0.1) is 0 Å². The number of carbonyl (C=O) groups excluding carboxylic acids is 1. The summed E-state index contributed by atoms with van der Waals surface area (Å²) in [5.74, 6) is 0.354. The number of rotatable bonds is 5. The van der Waals surface area contributed by atoms with Crippen molar-refractivity contribution in [2.24, 2.45) is 0 Å². The van der Waals surface area contributed by atoms with Crippen molar-refractivity contribution in [3.05, 3.63) is 46.7 Å². The zero-order chi connectivity index (χ0) is 16.1. The van der Waals surface area contributed by atoms with Crippen LogP contribution in [0, 0.1) is 0 Å². The predicted molar refractivity (Wildman–Crippen MR) is 88.1 cm³/mol. The molecule has 0 spiro atoms. The van der Waals surface area contributed by atoms with Gasteiger partial charge in [0, 0.05) is 29.1 Å². The maximum atomic E-state index is 11.8. The number of methoxy groups -OCH3 is 1. The zero-order valence-corrected chi connectivity index (χ0v) is 13.7. The van der Waals surface area contributed by atoms with Crippen LogP contribution in [-0.4, -0.2) is 29.4 Å². The molecule has 0 saturated heterocycles. The Labute approximate surface area is 137 Å². The summed E-state index contributed by atoms with van der Waals surface area (Å²) in [4.78, 5) is 16.0. The molecule has 116 valence electrons. The Bertz CT molecular complexity index is 694. The molecule has 1 aromatic heterocycles. The fraction of sp³-hybridized carbons (Fsp3) is 0.200. The maximum absolute atomic E-state index is 11.8. The number of ether oxygens (including phenoxy) is 1. The lowest BCUT2D eigenvalue weighted by molar-refractivity contribution is 0.0984. The second-order valence-electron chi connectivity index (χ2n) is 4.36. The van der Waals surface area contributed by atoms with Crippen LogP contribution in [0.15, 0.2) is 30.5 Å². The van der Waals surface area contributed by atoms with Gasteiger partial charge in [0.05, 0.1) is 24.4 Å². The number of nitrogens with one attached hydrogen (secondary N) is 1. The molecule has 1 heterocycles. The van der Waals surface area contributed by atoms with Gasteiger partial charge in [0.15, 0.2) is 0 Å². The van der Waals surface area contributed by atoms with Crippen LogP contribution in [0.5, 0.6) is 5.75 Å². The van der Waals surface area contributed by atoms with Crippen LogP contribution in [-0.2, 0) is 6.61 Å². The minimum atomic E-state index is -0.218. The molecule has 1 aromatic carbocycles. The average Bonchev–Trinajstić information content (AvgIpc) is 2.54. The lowest BCUT2D eigenvalue weighted by Crippen LogP contribution is -2.15. The second kappa shape index (κ2) is 7.49. The molecule has 0 aliphatic rings. The number of aliphatic hydroxyl groups excluding tert-OH is 1. The van der Waals surface area contributed by atoms with Gasteiger partial charge in [-0.25, -0.2) is 0 Å². The average molecular weight is 339 g/mol. The summed E-state index contributed by atoms with van der Waals surface area (Å²) in [6.07, 6.45) is 3.39. The van der Waals surface area contributed by atoms with E-state index in [1.54, 1.807) is 36.7 Å². The Morgan fingerprint density at radius 3 is 2.82 bits per heavy atom. The highest BCUT2D eigenvalue weighted by Gasteiger charge is 2.13. The second-order valence-corrected chi connectivity index (χ2v) is 5.38. The van der Waals surface area contributed by atoms with Crippen LogP contribution >= 0.6 is 23.5 Å². The Morgan fingerprint density at radius 2 is 2.23 bits per heavy atom. The fourth-order valence-electron chi connectivity index (χ4n) is 1.95. The number of benzene rings is 1. The SMILES string of the molecule is COc1cc(C(=O)NSC)ccc1-c1cnc(CO)c(Cl)c1. The van der Waals surface area contributed by atoms with Crippen LogP contribution < -0.4 is 9.46 Å². The van der Waals surface area contributed by atoms with E-state index >= 15 is 0 Å². The number of nitrogens with zero attached hydrogens (tertiary/aromatic N) is 1. The van der Waals surface area contributed by atoms with Crippen molar-refractivity contribution in [1.82, 2.24) is 9.71 Å². The number of carbonyl (C=O) groups is 1. The number of hydrogen-bond acceptors (Lipinski definition) is 5. The molecular formula is C15H15ClN2O3S. The highest BCUT2D eigenvalue weighted by Crippen LogP contribution is 2.32. The number of pyridine rings is 1. The highest BCUT2D eigenvalue weighted by molar-refractivity contribution is 7.97. The number of amides is 1. The Hall–Kier alpha value is -1.76. The van der Waals surface area contributed by atoms with E-state index in [4.69, 9.17) is 21.4 Å². The lowest BCUT2D eigenvalue weighted by atomic mass is 10.0. The van der Waals surface area contributed by atoms with E-state index in [9.17, 15) is 4.79 Å². The van der Waals surface area contributed by atoms with Gasteiger partial charge in [0.2, 0.25) is 0 Å². The zero-order valence-electron chi connectivity index (χ0n) is 12.1. The molecule has 0 atom stereocenters. The molecule has 22 heavy (non-hydrogen) atoms. The summed E-state index contributed by atoms with van der Waals surface area (Å²) in [5.41, 5.74) is 2.43. The summed E-state index contributed by atoms with van der Waals surface area (Å²) in [5, 5.41) is 9.49. The van der Waals surface area contributed by atoms with E-state index in [-0.39, 0.29) is 12.5 Å². The smallest absolute Gasteiger partial charge is 0.261 e. The van der Waals surface area contributed by atoms with E-state index in [0.29, 0.717) is 22.0 Å². The molecule has 0 unspecified atom stereocenters. The predicted octanol–water partition coefficient (Wildman–Crippen LogP) is 2.91. The van der Waals surface area contributed by atoms with Crippen molar-refractivity contribution in [2.75, 3.05) is 13.4 Å². The first kappa shape index (κ1) is 16.6. The fourth-order valence-corrected chi connectivity index (χ4v) is 2.48. The molecule has 2 aromatic rings. The van der Waals surface area contributed by atoms with Crippen molar-refractivity contribution in [2.45, 2.75) is 6.61 Å². The molecule has 0 bridgehead atoms. The first-order chi connectivity index (χ1) is 10.6. The molecule has 0 aliphatic carbocycles. The molecule has 0 fully saturated rings. The first-order valence-electron chi connectivity index (χ1n) is 6.37. The Kier molecular flexibility index (Phi) is 5.65. The molecule has 0 saturated carbocycles. The number of hydrogen-bond donors (Lipinski definition) is 2. The Morgan fingerprint density at radius 1 is 1.45 bits per heavy atom. The molecule has 0 radical (unpaired) electrons. The van der Waals surface area contributed by atoms with Crippen molar-refractivity contribution in [3.8, 4) is 16.9 Å². The quantitative estimate of drug-likeness (QED) is 0.820. The molecule has 5 nitrogen and oxygen atoms in total. The van der Waals surface area contributed by atoms with E-state index in [2.05, 4.69) is 9.71 Å². The third-order valence-corrected chi connectivity index (χ3v) is 3.75. The van der Waals surface area contributed by atoms with Gasteiger partial charge in [0.25, 0.3) is 5.91 Å². The Balaban J connectivity index is 2.43. The number of aliphatic hydroxyl groups is 1. The van der Waals surface area contributed by atoms with Crippen LogP contribution in [0.3, 0.4) is 0 Å². The van der Waals surface area contributed by atoms with Gasteiger partial charge in [-0.1, -0.05) is 23.5 Å². The largest absolute Gasteiger partial charge is 0.496 e. The molecule has 1 amide bonds. The van der Waals surface area contributed by atoms with Crippen LogP contribution in [0.1, 0.15) is 16.1 Å². The summed E-state index contributed by atoms with van der Waals surface area (Å²) < 4.78 is 8.02. The maximum Gasteiger partial charge on any atom is 0.261 e. The van der Waals surface area contributed by atoms with Crippen molar-refractivity contribution < 1.29 is 14.6 Å². The third-order valence-electron chi connectivity index (χ3n) is 3.04. The molecule has 0 aliphatic heterocycles. The summed E-state index contributed by atoms with van der Waals surface area (Å²) >= 11 is 7.30. The molecule has 7 heteroatoms. The number of halogens is 1. The van der Waals surface area contributed by atoms with E-state index in [0.717, 1.165) is 11.1 Å². The molecule has 2 rings (SSSR count). The van der Waals surface area contributed by atoms with Gasteiger partial charge in [-0.2, -0.15) is 0 Å². The van der Waals surface area contributed by atoms with E-state index < -0.39 is 0 Å². The van der Waals surface area contributed by atoms with Crippen molar-refractivity contribution in [3.63, 3.8) is 0 Å². The van der Waals surface area contributed by atoms with E-state index in [1.807, 2.05) is 0 Å². The van der Waals surface area contributed by atoms with Gasteiger partial charge in [-0.05, 0) is 24.3 Å². The topological polar surface area (TPSA) is 71.5 Å². The number of aromatic nitrogens is 1. The van der Waals surface area contributed by atoms with Crippen LogP contribution in [0.4, 0.5) is 0 Å². The van der Waals surface area contributed by atoms with Gasteiger partial charge in [-0.3, -0.25) is 14.5 Å². The molecular weight excluding hydrogens is 324 g/mol. The van der Waals surface area contributed by atoms with Gasteiger partial charge < -0.3 is 9.84 Å². The standard InChI is InChI=1S/C15H15ClN2O3S/c1-21-14-6-9(15(20)18-22-2)3-4-11(14)10-5-12(16)13(8-19)17-7-10/h3-7,19H,8H2,1-2H3,(H,18,20). The summed E-state index contributed by atoms with van der Waals surface area (Å²) in [6.45, 7) is -0.218. The minimum absolute atomic E-state index is 0.191. The van der Waals surface area contributed by atoms with Crippen molar-refractivity contribution >= 4 is 29.5 Å².